The zero-order valence-electron chi connectivity index (χ0n) is 11.9. The molecular weight excluding hydrogens is 258 g/mol. The summed E-state index contributed by atoms with van der Waals surface area (Å²) < 4.78 is 5.08. The molecule has 1 aromatic rings. The Labute approximate surface area is 118 Å². The van der Waals surface area contributed by atoms with Gasteiger partial charge < -0.3 is 20.9 Å². The van der Waals surface area contributed by atoms with Crippen molar-refractivity contribution >= 4 is 11.9 Å². The first-order valence-electron chi connectivity index (χ1n) is 6.18. The summed E-state index contributed by atoms with van der Waals surface area (Å²) in [6, 6.07) is 1.44. The molecule has 1 amide bonds. The zero-order chi connectivity index (χ0) is 15.2. The molecule has 0 bridgehead atoms. The van der Waals surface area contributed by atoms with E-state index in [0.717, 1.165) is 0 Å². The van der Waals surface area contributed by atoms with Gasteiger partial charge in [0.1, 0.15) is 5.60 Å². The molecule has 0 saturated heterocycles. The molecule has 0 aliphatic carbocycles. The van der Waals surface area contributed by atoms with Crippen LogP contribution in [0.2, 0.25) is 0 Å². The molecule has 6 nitrogen and oxygen atoms in total. The smallest absolute Gasteiger partial charge is 0.407 e. The van der Waals surface area contributed by atoms with Crippen LogP contribution in [0.25, 0.3) is 0 Å². The average molecular weight is 277 g/mol. The van der Waals surface area contributed by atoms with Crippen molar-refractivity contribution in [3.05, 3.63) is 17.8 Å². The Kier molecular flexibility index (Phi) is 5.21. The standard InChI is InChI=1S/C14H19N3O3/c1-14(2,3)20-13(19)16-7-5-4-6-10-8-11(18)12(15)17-9-10/h8-9,18H,5,7H2,1-3H3,(H2,15,17)(H,16,19). The molecule has 0 aliphatic heterocycles. The molecule has 0 fully saturated rings. The molecule has 4 N–H and O–H groups in total. The van der Waals surface area contributed by atoms with E-state index in [4.69, 9.17) is 10.5 Å². The molecule has 108 valence electrons. The molecule has 1 heterocycles. The van der Waals surface area contributed by atoms with Gasteiger partial charge in [-0.15, -0.1) is 0 Å². The van der Waals surface area contributed by atoms with Crippen molar-refractivity contribution < 1.29 is 14.6 Å². The number of carbonyl (C=O) groups excluding carboxylic acids is 1. The van der Waals surface area contributed by atoms with E-state index in [1.165, 1.54) is 12.3 Å². The monoisotopic (exact) mass is 277 g/mol. The minimum atomic E-state index is -0.511. The molecule has 0 aliphatic rings. The van der Waals surface area contributed by atoms with Gasteiger partial charge in [-0.25, -0.2) is 9.78 Å². The Morgan fingerprint density at radius 3 is 2.85 bits per heavy atom. The first kappa shape index (κ1) is 15.6. The number of hydrogen-bond donors (Lipinski definition) is 3. The fourth-order valence-corrected chi connectivity index (χ4v) is 1.24. The van der Waals surface area contributed by atoms with Gasteiger partial charge in [0.25, 0.3) is 0 Å². The van der Waals surface area contributed by atoms with Gasteiger partial charge >= 0.3 is 6.09 Å². The van der Waals surface area contributed by atoms with Crippen molar-refractivity contribution in [1.29, 1.82) is 0 Å². The Bertz CT molecular complexity index is 539. The molecule has 0 unspecified atom stereocenters. The Hall–Kier alpha value is -2.42. The fraction of sp³-hybridized carbons (Fsp3) is 0.429. The van der Waals surface area contributed by atoms with Crippen LogP contribution in [0.15, 0.2) is 12.3 Å². The third-order valence-electron chi connectivity index (χ3n) is 2.05. The van der Waals surface area contributed by atoms with Crippen LogP contribution in [0.1, 0.15) is 32.8 Å². The molecule has 0 spiro atoms. The first-order valence-corrected chi connectivity index (χ1v) is 6.18. The minimum Gasteiger partial charge on any atom is -0.504 e. The van der Waals surface area contributed by atoms with Crippen LogP contribution in [-0.2, 0) is 4.74 Å². The largest absolute Gasteiger partial charge is 0.504 e. The van der Waals surface area contributed by atoms with Crippen molar-refractivity contribution in [2.75, 3.05) is 12.3 Å². The highest BCUT2D eigenvalue weighted by atomic mass is 16.6. The second kappa shape index (κ2) is 6.66. The fourth-order valence-electron chi connectivity index (χ4n) is 1.24. The van der Waals surface area contributed by atoms with Crippen LogP contribution < -0.4 is 11.1 Å². The number of pyridine rings is 1. The number of hydrogen-bond acceptors (Lipinski definition) is 5. The summed E-state index contributed by atoms with van der Waals surface area (Å²) in [5.41, 5.74) is 5.43. The number of nitrogens with zero attached hydrogens (tertiary/aromatic N) is 1. The van der Waals surface area contributed by atoms with Gasteiger partial charge in [-0.2, -0.15) is 0 Å². The molecule has 0 aromatic carbocycles. The van der Waals surface area contributed by atoms with E-state index in [0.29, 0.717) is 18.5 Å². The maximum absolute atomic E-state index is 11.3. The third kappa shape index (κ3) is 5.96. The number of amides is 1. The highest BCUT2D eigenvalue weighted by Gasteiger charge is 2.15. The SMILES string of the molecule is CC(C)(C)OC(=O)NCCC#Cc1cnc(N)c(O)c1. The molecule has 6 heteroatoms. The predicted molar refractivity (Wildman–Crippen MR) is 76.0 cm³/mol. The summed E-state index contributed by atoms with van der Waals surface area (Å²) in [6.45, 7) is 5.78. The number of aromatic hydroxyl groups is 1. The molecule has 0 radical (unpaired) electrons. The van der Waals surface area contributed by atoms with Crippen LogP contribution in [0.5, 0.6) is 5.75 Å². The number of carbonyl (C=O) groups is 1. The van der Waals surface area contributed by atoms with Crippen LogP contribution in [0, 0.1) is 11.8 Å². The number of alkyl carbamates (subject to hydrolysis) is 1. The summed E-state index contributed by atoms with van der Waals surface area (Å²) in [5, 5.41) is 12.0. The van der Waals surface area contributed by atoms with Crippen molar-refractivity contribution in [3.8, 4) is 17.6 Å². The lowest BCUT2D eigenvalue weighted by molar-refractivity contribution is 0.0529. The number of aromatic nitrogens is 1. The topological polar surface area (TPSA) is 97.5 Å². The summed E-state index contributed by atoms with van der Waals surface area (Å²) in [5.74, 6) is 5.65. The number of rotatable bonds is 2. The minimum absolute atomic E-state index is 0.0714. The van der Waals surface area contributed by atoms with Gasteiger partial charge in [0.2, 0.25) is 0 Å². The second-order valence-electron chi connectivity index (χ2n) is 5.11. The summed E-state index contributed by atoms with van der Waals surface area (Å²) in [7, 11) is 0. The third-order valence-corrected chi connectivity index (χ3v) is 2.05. The number of nitrogens with one attached hydrogen (secondary N) is 1. The van der Waals surface area contributed by atoms with Crippen LogP contribution in [0.3, 0.4) is 0 Å². The molecule has 0 saturated carbocycles. The summed E-state index contributed by atoms with van der Waals surface area (Å²) >= 11 is 0. The Balaban J connectivity index is 2.36. The van der Waals surface area contributed by atoms with Crippen LogP contribution in [-0.4, -0.2) is 28.3 Å². The first-order chi connectivity index (χ1) is 9.28. The maximum atomic E-state index is 11.3. The lowest BCUT2D eigenvalue weighted by atomic mass is 10.2. The lowest BCUT2D eigenvalue weighted by Crippen LogP contribution is -2.32. The number of ether oxygens (including phenoxy) is 1. The zero-order valence-corrected chi connectivity index (χ0v) is 11.9. The maximum Gasteiger partial charge on any atom is 0.407 e. The van der Waals surface area contributed by atoms with Crippen molar-refractivity contribution in [3.63, 3.8) is 0 Å². The molecule has 0 atom stereocenters. The van der Waals surface area contributed by atoms with Gasteiger partial charge in [-0.05, 0) is 20.8 Å². The van der Waals surface area contributed by atoms with Gasteiger partial charge in [-0.1, -0.05) is 11.8 Å². The van der Waals surface area contributed by atoms with E-state index in [2.05, 4.69) is 22.1 Å². The van der Waals surface area contributed by atoms with Crippen molar-refractivity contribution in [2.24, 2.45) is 0 Å². The Morgan fingerprint density at radius 2 is 2.25 bits per heavy atom. The summed E-state index contributed by atoms with van der Waals surface area (Å²) in [6.07, 6.45) is 1.47. The van der Waals surface area contributed by atoms with E-state index in [1.807, 2.05) is 0 Å². The van der Waals surface area contributed by atoms with E-state index >= 15 is 0 Å². The lowest BCUT2D eigenvalue weighted by Gasteiger charge is -2.19. The van der Waals surface area contributed by atoms with Crippen LogP contribution in [0.4, 0.5) is 10.6 Å². The molecule has 20 heavy (non-hydrogen) atoms. The Morgan fingerprint density at radius 1 is 1.55 bits per heavy atom. The highest BCUT2D eigenvalue weighted by Crippen LogP contribution is 2.16. The van der Waals surface area contributed by atoms with E-state index in [-0.39, 0.29) is 11.6 Å². The van der Waals surface area contributed by atoms with E-state index in [9.17, 15) is 9.90 Å². The van der Waals surface area contributed by atoms with Gasteiger partial charge in [0, 0.05) is 30.8 Å². The quantitative estimate of drug-likeness (QED) is 0.564. The van der Waals surface area contributed by atoms with Crippen molar-refractivity contribution in [2.45, 2.75) is 32.8 Å². The average Bonchev–Trinajstić information content (AvgIpc) is 2.31. The van der Waals surface area contributed by atoms with E-state index in [1.54, 1.807) is 20.8 Å². The van der Waals surface area contributed by atoms with Gasteiger partial charge in [-0.3, -0.25) is 0 Å². The highest BCUT2D eigenvalue weighted by molar-refractivity contribution is 5.67. The molecule has 1 aromatic heterocycles. The summed E-state index contributed by atoms with van der Waals surface area (Å²) in [4.78, 5) is 15.1. The normalized spacial score (nSPS) is 10.3. The predicted octanol–water partition coefficient (Wildman–Crippen LogP) is 1.64. The number of nitrogens with two attached hydrogens (primary N) is 1. The molecule has 1 rings (SSSR count). The second-order valence-corrected chi connectivity index (χ2v) is 5.11. The van der Waals surface area contributed by atoms with Gasteiger partial charge in [0.15, 0.2) is 11.6 Å². The molecular formula is C14H19N3O3. The van der Waals surface area contributed by atoms with Crippen molar-refractivity contribution in [1.82, 2.24) is 10.3 Å². The van der Waals surface area contributed by atoms with Gasteiger partial charge in [0.05, 0.1) is 0 Å². The van der Waals surface area contributed by atoms with Crippen LogP contribution >= 0.6 is 0 Å². The van der Waals surface area contributed by atoms with E-state index < -0.39 is 11.7 Å². The number of nitrogen functional groups attached to an aromatic ring is 1. The number of anilines is 1.